The standard InChI is InChI=1S/C17H24N4O2/c1-23-12-17(4-7-18-8-5-17)11-21-15(22)9-13-10-20-16-14(13)3-2-6-19-16/h2-3,6,10,18H,4-5,7-9,11-12H2,1H3,(H,19,20)(H,21,22). The molecule has 3 rings (SSSR count). The van der Waals surface area contributed by atoms with Gasteiger partial charge in [0.1, 0.15) is 5.65 Å². The van der Waals surface area contributed by atoms with Crippen LogP contribution in [0.1, 0.15) is 18.4 Å². The zero-order valence-electron chi connectivity index (χ0n) is 13.5. The highest BCUT2D eigenvalue weighted by atomic mass is 16.5. The number of aromatic nitrogens is 2. The van der Waals surface area contributed by atoms with Crippen molar-refractivity contribution in [2.45, 2.75) is 19.3 Å². The summed E-state index contributed by atoms with van der Waals surface area (Å²) in [6.07, 6.45) is 6.03. The summed E-state index contributed by atoms with van der Waals surface area (Å²) in [5.41, 5.74) is 1.86. The molecule has 0 bridgehead atoms. The number of pyridine rings is 1. The van der Waals surface area contributed by atoms with E-state index in [-0.39, 0.29) is 11.3 Å². The fourth-order valence-electron chi connectivity index (χ4n) is 3.32. The van der Waals surface area contributed by atoms with E-state index in [2.05, 4.69) is 20.6 Å². The fraction of sp³-hybridized carbons (Fsp3) is 0.529. The Labute approximate surface area is 136 Å². The number of hydrogen-bond acceptors (Lipinski definition) is 4. The molecule has 1 amide bonds. The van der Waals surface area contributed by atoms with Crippen LogP contribution in [0.4, 0.5) is 0 Å². The monoisotopic (exact) mass is 316 g/mol. The number of nitrogens with one attached hydrogen (secondary N) is 3. The quantitative estimate of drug-likeness (QED) is 0.749. The molecule has 124 valence electrons. The summed E-state index contributed by atoms with van der Waals surface area (Å²) < 4.78 is 5.39. The largest absolute Gasteiger partial charge is 0.384 e. The van der Waals surface area contributed by atoms with Crippen molar-refractivity contribution in [1.29, 1.82) is 0 Å². The lowest BCUT2D eigenvalue weighted by atomic mass is 9.79. The zero-order chi connectivity index (χ0) is 16.1. The van der Waals surface area contributed by atoms with Crippen molar-refractivity contribution in [3.05, 3.63) is 30.1 Å². The van der Waals surface area contributed by atoms with Gasteiger partial charge in [-0.2, -0.15) is 0 Å². The van der Waals surface area contributed by atoms with Gasteiger partial charge in [-0.05, 0) is 43.6 Å². The maximum absolute atomic E-state index is 12.3. The van der Waals surface area contributed by atoms with Crippen molar-refractivity contribution in [2.75, 3.05) is 33.4 Å². The van der Waals surface area contributed by atoms with Gasteiger partial charge in [0.25, 0.3) is 0 Å². The van der Waals surface area contributed by atoms with Crippen molar-refractivity contribution in [3.8, 4) is 0 Å². The van der Waals surface area contributed by atoms with E-state index in [0.717, 1.165) is 42.5 Å². The van der Waals surface area contributed by atoms with Crippen molar-refractivity contribution in [2.24, 2.45) is 5.41 Å². The maximum Gasteiger partial charge on any atom is 0.224 e. The van der Waals surface area contributed by atoms with Crippen LogP contribution >= 0.6 is 0 Å². The Balaban J connectivity index is 1.60. The highest BCUT2D eigenvalue weighted by molar-refractivity contribution is 5.87. The Bertz CT molecular complexity index is 656. The number of carbonyl (C=O) groups excluding carboxylic acids is 1. The predicted molar refractivity (Wildman–Crippen MR) is 89.2 cm³/mol. The van der Waals surface area contributed by atoms with Gasteiger partial charge >= 0.3 is 0 Å². The van der Waals surface area contributed by atoms with Crippen molar-refractivity contribution in [3.63, 3.8) is 0 Å². The highest BCUT2D eigenvalue weighted by Gasteiger charge is 2.32. The predicted octanol–water partition coefficient (Wildman–Crippen LogP) is 1.24. The zero-order valence-corrected chi connectivity index (χ0v) is 13.5. The Morgan fingerprint density at radius 1 is 1.43 bits per heavy atom. The van der Waals surface area contributed by atoms with Gasteiger partial charge < -0.3 is 20.4 Å². The van der Waals surface area contributed by atoms with E-state index < -0.39 is 0 Å². The van der Waals surface area contributed by atoms with Gasteiger partial charge in [0.15, 0.2) is 0 Å². The average molecular weight is 316 g/mol. The van der Waals surface area contributed by atoms with Crippen molar-refractivity contribution < 1.29 is 9.53 Å². The van der Waals surface area contributed by atoms with E-state index in [4.69, 9.17) is 4.74 Å². The van der Waals surface area contributed by atoms with Crippen LogP contribution in [0.3, 0.4) is 0 Å². The molecular formula is C17H24N4O2. The number of nitrogens with zero attached hydrogens (tertiary/aromatic N) is 1. The molecule has 2 aromatic rings. The summed E-state index contributed by atoms with van der Waals surface area (Å²) in [6, 6.07) is 3.88. The first-order valence-corrected chi connectivity index (χ1v) is 8.10. The van der Waals surface area contributed by atoms with Crippen LogP contribution in [-0.4, -0.2) is 49.2 Å². The second-order valence-corrected chi connectivity index (χ2v) is 6.35. The second kappa shape index (κ2) is 7.10. The van der Waals surface area contributed by atoms with Gasteiger partial charge in [-0.3, -0.25) is 4.79 Å². The van der Waals surface area contributed by atoms with Gasteiger partial charge in [-0.15, -0.1) is 0 Å². The molecule has 6 nitrogen and oxygen atoms in total. The van der Waals surface area contributed by atoms with Crippen LogP contribution in [0.15, 0.2) is 24.5 Å². The summed E-state index contributed by atoms with van der Waals surface area (Å²) in [4.78, 5) is 19.7. The van der Waals surface area contributed by atoms with Crippen molar-refractivity contribution in [1.82, 2.24) is 20.6 Å². The number of fused-ring (bicyclic) bond motifs is 1. The third-order valence-corrected chi connectivity index (χ3v) is 4.66. The normalized spacial score (nSPS) is 17.3. The third kappa shape index (κ3) is 3.71. The van der Waals surface area contributed by atoms with Crippen molar-refractivity contribution >= 4 is 16.9 Å². The minimum Gasteiger partial charge on any atom is -0.384 e. The highest BCUT2D eigenvalue weighted by Crippen LogP contribution is 2.28. The molecule has 0 radical (unpaired) electrons. The minimum absolute atomic E-state index is 0.0452. The van der Waals surface area contributed by atoms with E-state index >= 15 is 0 Å². The van der Waals surface area contributed by atoms with Crippen LogP contribution < -0.4 is 10.6 Å². The molecule has 0 spiro atoms. The maximum atomic E-state index is 12.3. The van der Waals surface area contributed by atoms with Crippen LogP contribution in [0.2, 0.25) is 0 Å². The number of ether oxygens (including phenoxy) is 1. The molecule has 2 aromatic heterocycles. The van der Waals surface area contributed by atoms with E-state index in [9.17, 15) is 4.79 Å². The third-order valence-electron chi connectivity index (χ3n) is 4.66. The Morgan fingerprint density at radius 2 is 2.26 bits per heavy atom. The molecule has 1 saturated heterocycles. The number of carbonyl (C=O) groups is 1. The van der Waals surface area contributed by atoms with E-state index in [0.29, 0.717) is 19.6 Å². The van der Waals surface area contributed by atoms with Gasteiger partial charge in [-0.25, -0.2) is 4.98 Å². The summed E-state index contributed by atoms with van der Waals surface area (Å²) in [5.74, 6) is 0.0452. The lowest BCUT2D eigenvalue weighted by Crippen LogP contribution is -2.47. The molecule has 0 unspecified atom stereocenters. The fourth-order valence-corrected chi connectivity index (χ4v) is 3.32. The topological polar surface area (TPSA) is 79.0 Å². The van der Waals surface area contributed by atoms with Crippen LogP contribution in [0.5, 0.6) is 0 Å². The number of methoxy groups -OCH3 is 1. The number of rotatable bonds is 6. The summed E-state index contributed by atoms with van der Waals surface area (Å²) >= 11 is 0. The molecule has 0 atom stereocenters. The molecule has 3 heterocycles. The van der Waals surface area contributed by atoms with Gasteiger partial charge in [-0.1, -0.05) is 0 Å². The molecule has 0 saturated carbocycles. The molecule has 23 heavy (non-hydrogen) atoms. The molecule has 3 N–H and O–H groups in total. The molecular weight excluding hydrogens is 292 g/mol. The molecule has 1 aliphatic heterocycles. The van der Waals surface area contributed by atoms with Gasteiger partial charge in [0.2, 0.25) is 5.91 Å². The smallest absolute Gasteiger partial charge is 0.224 e. The number of amides is 1. The Hall–Kier alpha value is -1.92. The van der Waals surface area contributed by atoms with Gasteiger partial charge in [0, 0.05) is 36.8 Å². The summed E-state index contributed by atoms with van der Waals surface area (Å²) in [5, 5.41) is 7.47. The first kappa shape index (κ1) is 16.0. The molecule has 0 aliphatic carbocycles. The van der Waals surface area contributed by atoms with Gasteiger partial charge in [0.05, 0.1) is 13.0 Å². The minimum atomic E-state index is 0.0452. The average Bonchev–Trinajstić information content (AvgIpc) is 2.98. The van der Waals surface area contributed by atoms with E-state index in [1.165, 1.54) is 0 Å². The van der Waals surface area contributed by atoms with E-state index in [1.54, 1.807) is 13.3 Å². The summed E-state index contributed by atoms with van der Waals surface area (Å²) in [6.45, 7) is 3.31. The molecule has 0 aromatic carbocycles. The number of piperidine rings is 1. The molecule has 6 heteroatoms. The number of hydrogen-bond donors (Lipinski definition) is 3. The SMILES string of the molecule is COCC1(CNC(=O)Cc2c[nH]c3ncccc23)CCNCC1. The second-order valence-electron chi connectivity index (χ2n) is 6.35. The number of aromatic amines is 1. The van der Waals surface area contributed by atoms with Crippen LogP contribution in [0.25, 0.3) is 11.0 Å². The Morgan fingerprint density at radius 3 is 3.04 bits per heavy atom. The first-order valence-electron chi connectivity index (χ1n) is 8.10. The summed E-state index contributed by atoms with van der Waals surface area (Å²) in [7, 11) is 1.73. The lowest BCUT2D eigenvalue weighted by molar-refractivity contribution is -0.121. The number of H-pyrrole nitrogens is 1. The van der Waals surface area contributed by atoms with E-state index in [1.807, 2.05) is 18.3 Å². The first-order chi connectivity index (χ1) is 11.2. The Kier molecular flexibility index (Phi) is 4.93. The lowest BCUT2D eigenvalue weighted by Gasteiger charge is -2.37. The molecule has 1 aliphatic rings. The van der Waals surface area contributed by atoms with Crippen LogP contribution in [0, 0.1) is 5.41 Å². The van der Waals surface area contributed by atoms with Crippen LogP contribution in [-0.2, 0) is 16.0 Å². The molecule has 1 fully saturated rings.